The summed E-state index contributed by atoms with van der Waals surface area (Å²) in [5, 5.41) is 30.9. The molecular formula is C29H26N6O5S2. The number of Topliss-reactive ketones (excluding diaryl/α,β-unsaturated/α-hetero) is 1. The molecule has 1 aromatic heterocycles. The lowest BCUT2D eigenvalue weighted by atomic mass is 9.76. The van der Waals surface area contributed by atoms with Crippen molar-refractivity contribution in [3.05, 3.63) is 82.3 Å². The van der Waals surface area contributed by atoms with Crippen LogP contribution in [0.4, 0.5) is 10.8 Å². The fourth-order valence-electron chi connectivity index (χ4n) is 4.97. The van der Waals surface area contributed by atoms with E-state index in [2.05, 4.69) is 21.6 Å². The van der Waals surface area contributed by atoms with Crippen LogP contribution in [0.2, 0.25) is 0 Å². The van der Waals surface area contributed by atoms with Gasteiger partial charge in [0.2, 0.25) is 11.0 Å². The first-order chi connectivity index (χ1) is 20.3. The SMILES string of the molecule is CCOc1ccc(C2C(C#N)=C(N)N(c3nnc(SCC(=O)Nc4cccc(C(=O)O)c4)s3)C3=C2C(=O)CCC3)cc1. The molecule has 1 unspecified atom stereocenters. The average molecular weight is 603 g/mol. The molecule has 2 aliphatic rings. The van der Waals surface area contributed by atoms with Crippen LogP contribution in [0.5, 0.6) is 5.75 Å². The maximum atomic E-state index is 13.3. The zero-order valence-electron chi connectivity index (χ0n) is 22.5. The van der Waals surface area contributed by atoms with Crippen LogP contribution in [0.1, 0.15) is 48.0 Å². The molecule has 0 fully saturated rings. The van der Waals surface area contributed by atoms with E-state index in [1.54, 1.807) is 17.0 Å². The number of amides is 1. The first-order valence-electron chi connectivity index (χ1n) is 13.1. The van der Waals surface area contributed by atoms with Crippen LogP contribution in [0.3, 0.4) is 0 Å². The molecule has 2 heterocycles. The molecule has 2 aromatic carbocycles. The molecule has 1 aliphatic carbocycles. The number of carbonyl (C=O) groups excluding carboxylic acids is 2. The number of aromatic carboxylic acids is 1. The molecule has 0 spiro atoms. The van der Waals surface area contributed by atoms with Gasteiger partial charge in [0.25, 0.3) is 0 Å². The molecule has 13 heteroatoms. The Balaban J connectivity index is 1.39. The topological polar surface area (TPSA) is 172 Å². The number of nitrogens with one attached hydrogen (secondary N) is 1. The van der Waals surface area contributed by atoms with E-state index in [-0.39, 0.29) is 34.4 Å². The van der Waals surface area contributed by atoms with Gasteiger partial charge in [0.05, 0.1) is 35.5 Å². The van der Waals surface area contributed by atoms with Crippen LogP contribution in [0.25, 0.3) is 0 Å². The summed E-state index contributed by atoms with van der Waals surface area (Å²) in [5.74, 6) is -1.18. The van der Waals surface area contributed by atoms with Crippen molar-refractivity contribution in [1.82, 2.24) is 10.2 Å². The van der Waals surface area contributed by atoms with Crippen molar-refractivity contribution in [3.8, 4) is 11.8 Å². The Labute approximate surface area is 249 Å². The minimum atomic E-state index is -1.09. The van der Waals surface area contributed by atoms with Gasteiger partial charge in [-0.25, -0.2) is 4.79 Å². The van der Waals surface area contributed by atoms with Gasteiger partial charge in [-0.2, -0.15) is 5.26 Å². The van der Waals surface area contributed by atoms with Gasteiger partial charge in [-0.1, -0.05) is 41.3 Å². The molecular weight excluding hydrogens is 576 g/mol. The largest absolute Gasteiger partial charge is 0.494 e. The number of nitrogens with zero attached hydrogens (tertiary/aromatic N) is 4. The number of hydrogen-bond acceptors (Lipinski definition) is 11. The number of nitriles is 1. The van der Waals surface area contributed by atoms with Crippen LogP contribution < -0.4 is 20.7 Å². The second-order valence-electron chi connectivity index (χ2n) is 9.39. The number of carbonyl (C=O) groups is 3. The fourth-order valence-corrected chi connectivity index (χ4v) is 6.65. The number of carboxylic acid groups (broad SMARTS) is 1. The third-order valence-electron chi connectivity index (χ3n) is 6.74. The van der Waals surface area contributed by atoms with E-state index in [0.717, 1.165) is 17.3 Å². The first-order valence-corrected chi connectivity index (χ1v) is 14.9. The van der Waals surface area contributed by atoms with Crippen molar-refractivity contribution in [2.45, 2.75) is 36.4 Å². The van der Waals surface area contributed by atoms with Gasteiger partial charge in [0, 0.05) is 23.4 Å². The number of aromatic nitrogens is 2. The summed E-state index contributed by atoms with van der Waals surface area (Å²) < 4.78 is 6.04. The number of thioether (sulfide) groups is 1. The summed E-state index contributed by atoms with van der Waals surface area (Å²) in [5.41, 5.74) is 9.31. The Bertz CT molecular complexity index is 1660. The molecule has 0 saturated heterocycles. The number of carboxylic acids is 1. The predicted molar refractivity (Wildman–Crippen MR) is 158 cm³/mol. The zero-order chi connectivity index (χ0) is 29.8. The van der Waals surface area contributed by atoms with Gasteiger partial charge >= 0.3 is 5.97 Å². The van der Waals surface area contributed by atoms with Gasteiger partial charge < -0.3 is 20.9 Å². The van der Waals surface area contributed by atoms with Crippen LogP contribution >= 0.6 is 23.1 Å². The van der Waals surface area contributed by atoms with Crippen LogP contribution in [-0.4, -0.2) is 45.3 Å². The lowest BCUT2D eigenvalue weighted by Crippen LogP contribution is -2.38. The lowest BCUT2D eigenvalue weighted by molar-refractivity contribution is -0.116. The average Bonchev–Trinajstić information content (AvgIpc) is 3.45. The maximum Gasteiger partial charge on any atom is 0.335 e. The van der Waals surface area contributed by atoms with E-state index in [0.29, 0.717) is 58.0 Å². The summed E-state index contributed by atoms with van der Waals surface area (Å²) in [6.45, 7) is 2.42. The highest BCUT2D eigenvalue weighted by molar-refractivity contribution is 8.01. The third-order valence-corrected chi connectivity index (χ3v) is 8.79. The molecule has 0 radical (unpaired) electrons. The summed E-state index contributed by atoms with van der Waals surface area (Å²) in [6.07, 6.45) is 1.59. The van der Waals surface area contributed by atoms with Crippen molar-refractivity contribution < 1.29 is 24.2 Å². The summed E-state index contributed by atoms with van der Waals surface area (Å²) in [7, 11) is 0. The van der Waals surface area contributed by atoms with E-state index < -0.39 is 11.9 Å². The standard InChI is InChI=1S/C29H26N6O5S2/c1-2-40-19-11-9-16(10-12-19)24-20(14-30)26(31)35(21-7-4-8-22(36)25(21)24)28-33-34-29(42-28)41-15-23(37)32-18-6-3-5-17(13-18)27(38)39/h3,5-6,9-13,24H,2,4,7-8,15,31H2,1H3,(H,32,37)(H,38,39). The van der Waals surface area contributed by atoms with Gasteiger partial charge in [0.15, 0.2) is 10.1 Å². The van der Waals surface area contributed by atoms with E-state index in [4.69, 9.17) is 15.6 Å². The summed E-state index contributed by atoms with van der Waals surface area (Å²) >= 11 is 2.35. The van der Waals surface area contributed by atoms with Gasteiger partial charge in [-0.3, -0.25) is 14.5 Å². The van der Waals surface area contributed by atoms with Crippen molar-refractivity contribution in [3.63, 3.8) is 0 Å². The number of benzene rings is 2. The highest BCUT2D eigenvalue weighted by atomic mass is 32.2. The molecule has 1 atom stereocenters. The molecule has 42 heavy (non-hydrogen) atoms. The summed E-state index contributed by atoms with van der Waals surface area (Å²) in [6, 6.07) is 15.5. The quantitative estimate of drug-likeness (QED) is 0.291. The number of rotatable bonds is 9. The Hall–Kier alpha value is -4.67. The van der Waals surface area contributed by atoms with E-state index in [9.17, 15) is 19.6 Å². The highest BCUT2D eigenvalue weighted by Crippen LogP contribution is 2.47. The van der Waals surface area contributed by atoms with Crippen molar-refractivity contribution in [2.75, 3.05) is 22.6 Å². The number of ketones is 1. The van der Waals surface area contributed by atoms with Crippen molar-refractivity contribution in [2.24, 2.45) is 5.73 Å². The fraction of sp³-hybridized carbons (Fsp3) is 0.241. The molecule has 11 nitrogen and oxygen atoms in total. The second kappa shape index (κ2) is 12.5. The van der Waals surface area contributed by atoms with Crippen LogP contribution in [0, 0.1) is 11.3 Å². The lowest BCUT2D eigenvalue weighted by Gasteiger charge is -2.38. The zero-order valence-corrected chi connectivity index (χ0v) is 24.1. The molecule has 5 rings (SSSR count). The normalized spacial score (nSPS) is 16.6. The summed E-state index contributed by atoms with van der Waals surface area (Å²) in [4.78, 5) is 38.7. The van der Waals surface area contributed by atoms with Crippen LogP contribution in [0.15, 0.2) is 75.5 Å². The molecule has 1 amide bonds. The van der Waals surface area contributed by atoms with E-state index >= 15 is 0 Å². The van der Waals surface area contributed by atoms with Gasteiger partial charge in [-0.15, -0.1) is 10.2 Å². The molecule has 3 aromatic rings. The number of allylic oxidation sites excluding steroid dienone is 3. The monoisotopic (exact) mass is 602 g/mol. The number of ether oxygens (including phenoxy) is 1. The predicted octanol–water partition coefficient (Wildman–Crippen LogP) is 4.67. The molecule has 214 valence electrons. The molecule has 0 saturated carbocycles. The maximum absolute atomic E-state index is 13.3. The number of hydrogen-bond donors (Lipinski definition) is 3. The Morgan fingerprint density at radius 1 is 1.24 bits per heavy atom. The minimum absolute atomic E-state index is 0.00689. The minimum Gasteiger partial charge on any atom is -0.494 e. The number of nitrogens with two attached hydrogens (primary N) is 1. The third kappa shape index (κ3) is 5.86. The first kappa shape index (κ1) is 28.8. The molecule has 1 aliphatic heterocycles. The van der Waals surface area contributed by atoms with Crippen molar-refractivity contribution >= 4 is 51.6 Å². The van der Waals surface area contributed by atoms with Gasteiger partial charge in [-0.05, 0) is 55.7 Å². The van der Waals surface area contributed by atoms with Gasteiger partial charge in [0.1, 0.15) is 11.6 Å². The van der Waals surface area contributed by atoms with Crippen LogP contribution in [-0.2, 0) is 9.59 Å². The van der Waals surface area contributed by atoms with Crippen molar-refractivity contribution in [1.29, 1.82) is 5.26 Å². The second-order valence-corrected chi connectivity index (χ2v) is 11.6. The Morgan fingerprint density at radius 2 is 2.02 bits per heavy atom. The smallest absolute Gasteiger partial charge is 0.335 e. The molecule has 4 N–H and O–H groups in total. The van der Waals surface area contributed by atoms with E-state index in [1.165, 1.54) is 23.5 Å². The Morgan fingerprint density at radius 3 is 2.74 bits per heavy atom. The Kier molecular flexibility index (Phi) is 8.56. The highest BCUT2D eigenvalue weighted by Gasteiger charge is 2.41. The van der Waals surface area contributed by atoms with E-state index in [1.807, 2.05) is 31.2 Å². The number of anilines is 2. The molecule has 0 bridgehead atoms.